The number of hydrogen-bond acceptors (Lipinski definition) is 5. The summed E-state index contributed by atoms with van der Waals surface area (Å²) in [6.45, 7) is 1.09. The highest BCUT2D eigenvalue weighted by molar-refractivity contribution is 5.55. The van der Waals surface area contributed by atoms with Crippen molar-refractivity contribution >= 4 is 11.4 Å². The number of ether oxygens (including phenoxy) is 2. The third kappa shape index (κ3) is 2.22. The van der Waals surface area contributed by atoms with E-state index in [0.29, 0.717) is 18.9 Å². The predicted molar refractivity (Wildman–Crippen MR) is 57.4 cm³/mol. The van der Waals surface area contributed by atoms with Gasteiger partial charge in [0.25, 0.3) is 0 Å². The summed E-state index contributed by atoms with van der Waals surface area (Å²) < 4.78 is 10.6. The first-order chi connectivity index (χ1) is 7.66. The van der Waals surface area contributed by atoms with Crippen LogP contribution in [0.2, 0.25) is 0 Å². The Morgan fingerprint density at radius 3 is 3.00 bits per heavy atom. The smallest absolute Gasteiger partial charge is 0.311 e. The molecule has 0 amide bonds. The van der Waals surface area contributed by atoms with Crippen molar-refractivity contribution in [1.29, 1.82) is 0 Å². The molecule has 2 rings (SSSR count). The highest BCUT2D eigenvalue weighted by atomic mass is 16.6. The molecule has 0 aromatic heterocycles. The summed E-state index contributed by atoms with van der Waals surface area (Å²) in [7, 11) is 0. The maximum absolute atomic E-state index is 10.8. The Kier molecular flexibility index (Phi) is 2.91. The standard InChI is InChI=1S/C10H12N2O4/c11-7-1-2-9(12(13)14)10(5-7)16-8-3-4-15-6-8/h1-2,5,8H,3-4,6,11H2/t8-/m0/s1. The summed E-state index contributed by atoms with van der Waals surface area (Å²) in [6.07, 6.45) is 0.617. The molecule has 1 aromatic rings. The van der Waals surface area contributed by atoms with E-state index < -0.39 is 4.92 Å². The van der Waals surface area contributed by atoms with Crippen LogP contribution in [-0.2, 0) is 4.74 Å². The first-order valence-corrected chi connectivity index (χ1v) is 4.95. The van der Waals surface area contributed by atoms with E-state index in [1.807, 2.05) is 0 Å². The number of nitrogens with zero attached hydrogens (tertiary/aromatic N) is 1. The van der Waals surface area contributed by atoms with E-state index >= 15 is 0 Å². The number of rotatable bonds is 3. The molecular formula is C10H12N2O4. The lowest BCUT2D eigenvalue weighted by molar-refractivity contribution is -0.386. The Hall–Kier alpha value is -1.82. The maximum atomic E-state index is 10.8. The lowest BCUT2D eigenvalue weighted by Crippen LogP contribution is -2.16. The van der Waals surface area contributed by atoms with Gasteiger partial charge in [0.15, 0.2) is 5.75 Å². The van der Waals surface area contributed by atoms with Gasteiger partial charge in [-0.3, -0.25) is 10.1 Å². The summed E-state index contributed by atoms with van der Waals surface area (Å²) in [6, 6.07) is 4.30. The second-order valence-corrected chi connectivity index (χ2v) is 3.59. The molecule has 0 bridgehead atoms. The first kappa shape index (κ1) is 10.7. The summed E-state index contributed by atoms with van der Waals surface area (Å²) in [5.41, 5.74) is 5.94. The third-order valence-electron chi connectivity index (χ3n) is 2.36. The van der Waals surface area contributed by atoms with Crippen LogP contribution in [0.1, 0.15) is 6.42 Å². The second kappa shape index (κ2) is 4.36. The van der Waals surface area contributed by atoms with Crippen LogP contribution in [0, 0.1) is 10.1 Å². The van der Waals surface area contributed by atoms with E-state index in [2.05, 4.69) is 0 Å². The van der Waals surface area contributed by atoms with Gasteiger partial charge in [0.1, 0.15) is 6.10 Å². The zero-order chi connectivity index (χ0) is 11.5. The predicted octanol–water partition coefficient (Wildman–Crippen LogP) is 1.34. The minimum atomic E-state index is -0.482. The van der Waals surface area contributed by atoms with Crippen LogP contribution in [0.25, 0.3) is 0 Å². The highest BCUT2D eigenvalue weighted by Crippen LogP contribution is 2.30. The molecule has 1 heterocycles. The van der Waals surface area contributed by atoms with Crippen molar-refractivity contribution in [2.24, 2.45) is 0 Å². The van der Waals surface area contributed by atoms with E-state index in [1.54, 1.807) is 0 Å². The summed E-state index contributed by atoms with van der Waals surface area (Å²) in [5.74, 6) is 0.209. The summed E-state index contributed by atoms with van der Waals surface area (Å²) in [4.78, 5) is 10.3. The second-order valence-electron chi connectivity index (χ2n) is 3.59. The largest absolute Gasteiger partial charge is 0.481 e. The Bertz CT molecular complexity index is 402. The van der Waals surface area contributed by atoms with E-state index in [9.17, 15) is 10.1 Å². The van der Waals surface area contributed by atoms with Crippen LogP contribution in [0.15, 0.2) is 18.2 Å². The molecule has 2 N–H and O–H groups in total. The molecule has 0 saturated carbocycles. The Morgan fingerprint density at radius 1 is 1.56 bits per heavy atom. The Morgan fingerprint density at radius 2 is 2.38 bits per heavy atom. The molecule has 1 aliphatic heterocycles. The number of nitrogens with two attached hydrogens (primary N) is 1. The number of anilines is 1. The van der Waals surface area contributed by atoms with E-state index in [4.69, 9.17) is 15.2 Å². The van der Waals surface area contributed by atoms with Crippen LogP contribution in [-0.4, -0.2) is 24.2 Å². The number of nitro benzene ring substituents is 1. The molecule has 16 heavy (non-hydrogen) atoms. The van der Waals surface area contributed by atoms with Crippen molar-refractivity contribution in [3.05, 3.63) is 28.3 Å². The number of hydrogen-bond donors (Lipinski definition) is 1. The van der Waals surface area contributed by atoms with Gasteiger partial charge in [-0.15, -0.1) is 0 Å². The topological polar surface area (TPSA) is 87.6 Å². The van der Waals surface area contributed by atoms with Gasteiger partial charge < -0.3 is 15.2 Å². The zero-order valence-electron chi connectivity index (χ0n) is 8.59. The first-order valence-electron chi connectivity index (χ1n) is 4.95. The maximum Gasteiger partial charge on any atom is 0.311 e. The van der Waals surface area contributed by atoms with Crippen LogP contribution < -0.4 is 10.5 Å². The van der Waals surface area contributed by atoms with Gasteiger partial charge in [-0.05, 0) is 6.07 Å². The number of nitrogen functional groups attached to an aromatic ring is 1. The van der Waals surface area contributed by atoms with E-state index in [0.717, 1.165) is 6.42 Å². The van der Waals surface area contributed by atoms with Crippen LogP contribution in [0.5, 0.6) is 5.75 Å². The quantitative estimate of drug-likeness (QED) is 0.475. The summed E-state index contributed by atoms with van der Waals surface area (Å²) >= 11 is 0. The molecule has 1 fully saturated rings. The van der Waals surface area contributed by atoms with Crippen molar-refractivity contribution in [3.63, 3.8) is 0 Å². The molecule has 6 nitrogen and oxygen atoms in total. The minimum absolute atomic E-state index is 0.0684. The van der Waals surface area contributed by atoms with Gasteiger partial charge in [-0.1, -0.05) is 0 Å². The average molecular weight is 224 g/mol. The normalized spacial score (nSPS) is 19.6. The molecule has 1 atom stereocenters. The van der Waals surface area contributed by atoms with Gasteiger partial charge in [0.2, 0.25) is 0 Å². The number of benzene rings is 1. The molecule has 1 saturated heterocycles. The van der Waals surface area contributed by atoms with Gasteiger partial charge in [0, 0.05) is 24.2 Å². The SMILES string of the molecule is Nc1ccc([N+](=O)[O-])c(O[C@H]2CCOC2)c1. The van der Waals surface area contributed by atoms with Crippen LogP contribution in [0.3, 0.4) is 0 Å². The minimum Gasteiger partial charge on any atom is -0.481 e. The molecule has 1 aromatic carbocycles. The molecule has 0 aliphatic carbocycles. The van der Waals surface area contributed by atoms with Gasteiger partial charge in [0.05, 0.1) is 18.1 Å². The average Bonchev–Trinajstić information content (AvgIpc) is 2.70. The molecule has 6 heteroatoms. The number of nitro groups is 1. The van der Waals surface area contributed by atoms with Crippen molar-refractivity contribution in [2.75, 3.05) is 18.9 Å². The molecule has 86 valence electrons. The van der Waals surface area contributed by atoms with Gasteiger partial charge in [-0.2, -0.15) is 0 Å². The van der Waals surface area contributed by atoms with Crippen LogP contribution in [0.4, 0.5) is 11.4 Å². The van der Waals surface area contributed by atoms with Gasteiger partial charge in [-0.25, -0.2) is 0 Å². The monoisotopic (exact) mass is 224 g/mol. The van der Waals surface area contributed by atoms with Crippen LogP contribution >= 0.6 is 0 Å². The highest BCUT2D eigenvalue weighted by Gasteiger charge is 2.22. The lowest BCUT2D eigenvalue weighted by atomic mass is 10.2. The summed E-state index contributed by atoms with van der Waals surface area (Å²) in [5, 5.41) is 10.8. The van der Waals surface area contributed by atoms with Gasteiger partial charge >= 0.3 is 5.69 Å². The van der Waals surface area contributed by atoms with Crippen molar-refractivity contribution in [1.82, 2.24) is 0 Å². The molecule has 1 aliphatic rings. The van der Waals surface area contributed by atoms with Crippen molar-refractivity contribution < 1.29 is 14.4 Å². The lowest BCUT2D eigenvalue weighted by Gasteiger charge is -2.12. The molecule has 0 unspecified atom stereocenters. The fourth-order valence-corrected chi connectivity index (χ4v) is 1.56. The fourth-order valence-electron chi connectivity index (χ4n) is 1.56. The van der Waals surface area contributed by atoms with Crippen molar-refractivity contribution in [2.45, 2.75) is 12.5 Å². The Labute approximate surface area is 92.1 Å². The van der Waals surface area contributed by atoms with E-state index in [1.165, 1.54) is 18.2 Å². The molecule has 0 spiro atoms. The zero-order valence-corrected chi connectivity index (χ0v) is 8.59. The van der Waals surface area contributed by atoms with Crippen molar-refractivity contribution in [3.8, 4) is 5.75 Å². The molecule has 0 radical (unpaired) electrons. The third-order valence-corrected chi connectivity index (χ3v) is 2.36. The van der Waals surface area contributed by atoms with E-state index in [-0.39, 0.29) is 17.5 Å². The Balaban J connectivity index is 2.22. The fraction of sp³-hybridized carbons (Fsp3) is 0.400. The molecular weight excluding hydrogens is 212 g/mol.